The Balaban J connectivity index is 2.54. The van der Waals surface area contributed by atoms with Crippen LogP contribution in [0.1, 0.15) is 51.9 Å². The molecule has 0 radical (unpaired) electrons. The molecule has 0 bridgehead atoms. The zero-order valence-corrected chi connectivity index (χ0v) is 11.0. The summed E-state index contributed by atoms with van der Waals surface area (Å²) in [6.45, 7) is 3.28. The molecule has 1 saturated heterocycles. The summed E-state index contributed by atoms with van der Waals surface area (Å²) in [5, 5.41) is 2.84. The molecule has 3 heteroatoms. The third kappa shape index (κ3) is 2.76. The first kappa shape index (κ1) is 13.5. The van der Waals surface area contributed by atoms with Crippen LogP contribution in [0.5, 0.6) is 0 Å². The number of nitrogens with one attached hydrogen (secondary N) is 1. The van der Waals surface area contributed by atoms with Crippen LogP contribution in [0, 0.1) is 0 Å². The average molecular weight is 226 g/mol. The summed E-state index contributed by atoms with van der Waals surface area (Å²) in [7, 11) is 3.84. The van der Waals surface area contributed by atoms with Gasteiger partial charge in [-0.2, -0.15) is 0 Å². The fraction of sp³-hybridized carbons (Fsp3) is 0.923. The summed E-state index contributed by atoms with van der Waals surface area (Å²) < 4.78 is 0. The van der Waals surface area contributed by atoms with E-state index in [4.69, 9.17) is 0 Å². The molecule has 1 atom stereocenters. The maximum atomic E-state index is 12.1. The predicted molar refractivity (Wildman–Crippen MR) is 67.4 cm³/mol. The van der Waals surface area contributed by atoms with E-state index in [1.165, 1.54) is 25.7 Å². The predicted octanol–water partition coefficient (Wildman–Crippen LogP) is 2.17. The highest BCUT2D eigenvalue weighted by molar-refractivity contribution is 5.86. The van der Waals surface area contributed by atoms with E-state index in [-0.39, 0.29) is 11.4 Å². The van der Waals surface area contributed by atoms with Crippen LogP contribution in [0.3, 0.4) is 0 Å². The van der Waals surface area contributed by atoms with E-state index in [1.54, 1.807) is 7.05 Å². The second kappa shape index (κ2) is 6.24. The molecule has 3 nitrogen and oxygen atoms in total. The standard InChI is InChI=1S/C13H26N2O/c1-4-5-6-7-9-13(12(16)14-2)10-8-11-15(13)3/h4-11H2,1-3H3,(H,14,16)/t13-/m0/s1. The number of unbranched alkanes of at least 4 members (excludes halogenated alkanes) is 3. The lowest BCUT2D eigenvalue weighted by Crippen LogP contribution is -2.53. The number of carbonyl (C=O) groups excluding carboxylic acids is 1. The molecule has 16 heavy (non-hydrogen) atoms. The van der Waals surface area contributed by atoms with Crippen LogP contribution in [0.25, 0.3) is 0 Å². The van der Waals surface area contributed by atoms with E-state index in [0.717, 1.165) is 25.8 Å². The van der Waals surface area contributed by atoms with Gasteiger partial charge < -0.3 is 5.32 Å². The van der Waals surface area contributed by atoms with E-state index >= 15 is 0 Å². The fourth-order valence-corrected chi connectivity index (χ4v) is 2.81. The highest BCUT2D eigenvalue weighted by Gasteiger charge is 2.44. The van der Waals surface area contributed by atoms with Gasteiger partial charge in [-0.15, -0.1) is 0 Å². The van der Waals surface area contributed by atoms with E-state index in [0.29, 0.717) is 0 Å². The molecule has 0 saturated carbocycles. The minimum absolute atomic E-state index is 0.206. The lowest BCUT2D eigenvalue weighted by atomic mass is 9.88. The van der Waals surface area contributed by atoms with E-state index in [9.17, 15) is 4.79 Å². The van der Waals surface area contributed by atoms with Gasteiger partial charge >= 0.3 is 0 Å². The molecule has 0 spiro atoms. The van der Waals surface area contributed by atoms with Gasteiger partial charge in [0.2, 0.25) is 5.91 Å². The molecule has 1 fully saturated rings. The Labute approximate surface area is 99.6 Å². The summed E-state index contributed by atoms with van der Waals surface area (Å²) >= 11 is 0. The lowest BCUT2D eigenvalue weighted by Gasteiger charge is -2.34. The van der Waals surface area contributed by atoms with E-state index in [2.05, 4.69) is 24.2 Å². The van der Waals surface area contributed by atoms with Gasteiger partial charge in [0.1, 0.15) is 5.54 Å². The molecule has 0 unspecified atom stereocenters. The largest absolute Gasteiger partial charge is 0.358 e. The summed E-state index contributed by atoms with van der Waals surface area (Å²) in [6.07, 6.45) is 8.15. The van der Waals surface area contributed by atoms with Gasteiger partial charge in [-0.1, -0.05) is 32.6 Å². The number of rotatable bonds is 6. The Kier molecular flexibility index (Phi) is 5.26. The van der Waals surface area contributed by atoms with Gasteiger partial charge in [0.05, 0.1) is 0 Å². The minimum Gasteiger partial charge on any atom is -0.358 e. The number of hydrogen-bond acceptors (Lipinski definition) is 2. The van der Waals surface area contributed by atoms with Gasteiger partial charge in [-0.05, 0) is 32.9 Å². The molecule has 1 rings (SSSR count). The Hall–Kier alpha value is -0.570. The van der Waals surface area contributed by atoms with Crippen molar-refractivity contribution in [2.45, 2.75) is 57.4 Å². The van der Waals surface area contributed by atoms with Gasteiger partial charge in [-0.3, -0.25) is 9.69 Å². The first-order chi connectivity index (χ1) is 7.67. The number of amides is 1. The van der Waals surface area contributed by atoms with Crippen molar-refractivity contribution in [2.24, 2.45) is 0 Å². The van der Waals surface area contributed by atoms with Crippen LogP contribution in [0.2, 0.25) is 0 Å². The molecule has 1 aliphatic rings. The molecule has 94 valence electrons. The first-order valence-corrected chi connectivity index (χ1v) is 6.61. The first-order valence-electron chi connectivity index (χ1n) is 6.61. The van der Waals surface area contributed by atoms with E-state index in [1.807, 2.05) is 0 Å². The molecule has 1 amide bonds. The van der Waals surface area contributed by atoms with Crippen LogP contribution in [-0.4, -0.2) is 37.0 Å². The Bertz CT molecular complexity index is 230. The quantitative estimate of drug-likeness (QED) is 0.704. The minimum atomic E-state index is -0.206. The average Bonchev–Trinajstić information content (AvgIpc) is 2.66. The van der Waals surface area contributed by atoms with Crippen molar-refractivity contribution in [1.29, 1.82) is 0 Å². The van der Waals surface area contributed by atoms with Crippen molar-refractivity contribution in [3.63, 3.8) is 0 Å². The third-order valence-electron chi connectivity index (χ3n) is 3.91. The molecule has 1 heterocycles. The molecule has 0 aliphatic carbocycles. The maximum Gasteiger partial charge on any atom is 0.240 e. The smallest absolute Gasteiger partial charge is 0.240 e. The summed E-state index contributed by atoms with van der Waals surface area (Å²) in [5.74, 6) is 0.212. The van der Waals surface area contributed by atoms with Gasteiger partial charge in [0.25, 0.3) is 0 Å². The van der Waals surface area contributed by atoms with Gasteiger partial charge in [-0.25, -0.2) is 0 Å². The van der Waals surface area contributed by atoms with E-state index < -0.39 is 0 Å². The Morgan fingerprint density at radius 2 is 2.12 bits per heavy atom. The zero-order valence-electron chi connectivity index (χ0n) is 11.0. The highest BCUT2D eigenvalue weighted by atomic mass is 16.2. The van der Waals surface area contributed by atoms with Crippen LogP contribution >= 0.6 is 0 Å². The van der Waals surface area contributed by atoms with Crippen LogP contribution < -0.4 is 5.32 Å². The van der Waals surface area contributed by atoms with Crippen LogP contribution in [0.15, 0.2) is 0 Å². The number of hydrogen-bond donors (Lipinski definition) is 1. The monoisotopic (exact) mass is 226 g/mol. The Morgan fingerprint density at radius 3 is 2.62 bits per heavy atom. The molecular formula is C13H26N2O. The summed E-state index contributed by atoms with van der Waals surface area (Å²) in [4.78, 5) is 14.3. The van der Waals surface area contributed by atoms with Gasteiger partial charge in [0.15, 0.2) is 0 Å². The number of carbonyl (C=O) groups is 1. The molecule has 1 aliphatic heterocycles. The third-order valence-corrected chi connectivity index (χ3v) is 3.91. The SMILES string of the molecule is CCCCCC[C@@]1(C(=O)NC)CCCN1C. The van der Waals surface area contributed by atoms with Crippen LogP contribution in [-0.2, 0) is 4.79 Å². The highest BCUT2D eigenvalue weighted by Crippen LogP contribution is 2.33. The van der Waals surface area contributed by atoms with Crippen molar-refractivity contribution < 1.29 is 4.79 Å². The Morgan fingerprint density at radius 1 is 1.38 bits per heavy atom. The molecule has 0 aromatic rings. The van der Waals surface area contributed by atoms with Gasteiger partial charge in [0, 0.05) is 7.05 Å². The van der Waals surface area contributed by atoms with Crippen molar-refractivity contribution in [3.8, 4) is 0 Å². The van der Waals surface area contributed by atoms with Crippen molar-refractivity contribution in [1.82, 2.24) is 10.2 Å². The second-order valence-electron chi connectivity index (χ2n) is 4.95. The molecule has 0 aromatic heterocycles. The maximum absolute atomic E-state index is 12.1. The van der Waals surface area contributed by atoms with Crippen molar-refractivity contribution in [3.05, 3.63) is 0 Å². The molecular weight excluding hydrogens is 200 g/mol. The lowest BCUT2D eigenvalue weighted by molar-refractivity contribution is -0.131. The fourth-order valence-electron chi connectivity index (χ4n) is 2.81. The van der Waals surface area contributed by atoms with Crippen molar-refractivity contribution in [2.75, 3.05) is 20.6 Å². The zero-order chi connectivity index (χ0) is 12.0. The number of likely N-dealkylation sites (tertiary alicyclic amines) is 1. The molecule has 1 N–H and O–H groups in total. The van der Waals surface area contributed by atoms with Crippen LogP contribution in [0.4, 0.5) is 0 Å². The molecule has 0 aromatic carbocycles. The summed E-state index contributed by atoms with van der Waals surface area (Å²) in [5.41, 5.74) is -0.206. The van der Waals surface area contributed by atoms with Crippen molar-refractivity contribution >= 4 is 5.91 Å². The number of nitrogens with zero attached hydrogens (tertiary/aromatic N) is 1. The normalized spacial score (nSPS) is 25.9. The second-order valence-corrected chi connectivity index (χ2v) is 4.95. The number of likely N-dealkylation sites (N-methyl/N-ethyl adjacent to an activating group) is 2. The topological polar surface area (TPSA) is 32.3 Å². The summed E-state index contributed by atoms with van der Waals surface area (Å²) in [6, 6.07) is 0.